The van der Waals surface area contributed by atoms with E-state index in [1.54, 1.807) is 13.8 Å². The molecule has 3 amide bonds. The van der Waals surface area contributed by atoms with E-state index in [9.17, 15) is 33.1 Å². The van der Waals surface area contributed by atoms with Gasteiger partial charge in [0.25, 0.3) is 5.91 Å². The maximum absolute atomic E-state index is 13.3. The molecule has 0 bridgehead atoms. The highest BCUT2D eigenvalue weighted by atomic mass is 19.1. The number of primary amides is 1. The van der Waals surface area contributed by atoms with Gasteiger partial charge < -0.3 is 26.2 Å². The van der Waals surface area contributed by atoms with Gasteiger partial charge in [0.1, 0.15) is 23.5 Å². The van der Waals surface area contributed by atoms with Gasteiger partial charge in [0.15, 0.2) is 5.69 Å². The number of halogens is 2. The number of ether oxygens (including phenoxy) is 1. The van der Waals surface area contributed by atoms with E-state index >= 15 is 0 Å². The van der Waals surface area contributed by atoms with E-state index < -0.39 is 47.6 Å². The van der Waals surface area contributed by atoms with Gasteiger partial charge in [0, 0.05) is 12.1 Å². The summed E-state index contributed by atoms with van der Waals surface area (Å²) in [4.78, 5) is 48.3. The molecule has 0 saturated heterocycles. The van der Waals surface area contributed by atoms with E-state index in [2.05, 4.69) is 15.7 Å². The first kappa shape index (κ1) is 25.4. The van der Waals surface area contributed by atoms with Crippen molar-refractivity contribution in [3.63, 3.8) is 0 Å². The smallest absolute Gasteiger partial charge is 0.358 e. The van der Waals surface area contributed by atoms with Gasteiger partial charge >= 0.3 is 5.97 Å². The van der Waals surface area contributed by atoms with Crippen molar-refractivity contribution >= 4 is 29.5 Å². The highest BCUT2D eigenvalue weighted by Crippen LogP contribution is 2.17. The predicted molar refractivity (Wildman–Crippen MR) is 110 cm³/mol. The molecule has 0 aliphatic heterocycles. The van der Waals surface area contributed by atoms with Crippen LogP contribution in [-0.2, 0) is 25.5 Å². The van der Waals surface area contributed by atoms with Gasteiger partial charge in [-0.25, -0.2) is 18.3 Å². The van der Waals surface area contributed by atoms with E-state index in [1.807, 2.05) is 0 Å². The zero-order chi connectivity index (χ0) is 24.7. The number of aliphatic hydroxyl groups is 1. The number of hydrogen-bond acceptors (Lipinski definition) is 7. The monoisotopic (exact) mass is 467 g/mol. The number of amides is 3. The molecule has 1 aromatic carbocycles. The minimum Gasteiger partial charge on any atom is -0.461 e. The summed E-state index contributed by atoms with van der Waals surface area (Å²) in [7, 11) is 0. The lowest BCUT2D eigenvalue weighted by atomic mass is 10.1. The van der Waals surface area contributed by atoms with Crippen LogP contribution >= 0.6 is 0 Å². The molecule has 2 rings (SSSR count). The van der Waals surface area contributed by atoms with Crippen molar-refractivity contribution in [2.24, 2.45) is 5.73 Å². The number of benzene rings is 1. The van der Waals surface area contributed by atoms with Crippen LogP contribution in [0.3, 0.4) is 0 Å². The van der Waals surface area contributed by atoms with Crippen molar-refractivity contribution in [1.82, 2.24) is 15.1 Å². The molecule has 1 heterocycles. The molecule has 0 aliphatic carbocycles. The summed E-state index contributed by atoms with van der Waals surface area (Å²) in [6, 6.07) is 2.61. The van der Waals surface area contributed by atoms with Crippen LogP contribution in [0.2, 0.25) is 0 Å². The number of anilines is 1. The fourth-order valence-corrected chi connectivity index (χ4v) is 2.81. The summed E-state index contributed by atoms with van der Waals surface area (Å²) in [5.74, 6) is -5.47. The zero-order valence-electron chi connectivity index (χ0n) is 17.8. The minimum absolute atomic E-state index is 0.0327. The second-order valence-corrected chi connectivity index (χ2v) is 6.83. The molecular weight excluding hydrogens is 444 g/mol. The molecule has 0 fully saturated rings. The average molecular weight is 467 g/mol. The third kappa shape index (κ3) is 6.80. The van der Waals surface area contributed by atoms with Gasteiger partial charge in [-0.3, -0.25) is 14.4 Å². The number of nitrogens with two attached hydrogens (primary N) is 1. The fourth-order valence-electron chi connectivity index (χ4n) is 2.81. The Balaban J connectivity index is 2.17. The number of carbonyl (C=O) groups is 4. The highest BCUT2D eigenvalue weighted by Gasteiger charge is 2.26. The van der Waals surface area contributed by atoms with Gasteiger partial charge in [-0.05, 0) is 31.0 Å². The van der Waals surface area contributed by atoms with Crippen molar-refractivity contribution in [2.75, 3.05) is 11.9 Å². The van der Waals surface area contributed by atoms with Crippen LogP contribution in [-0.4, -0.2) is 51.2 Å². The average Bonchev–Trinajstić information content (AvgIpc) is 3.14. The highest BCUT2D eigenvalue weighted by molar-refractivity contribution is 5.98. The number of nitrogens with zero attached hydrogens (tertiary/aromatic N) is 2. The number of rotatable bonds is 10. The molecule has 5 N–H and O–H groups in total. The first-order chi connectivity index (χ1) is 15.5. The van der Waals surface area contributed by atoms with E-state index in [0.717, 1.165) is 18.2 Å². The SMILES string of the molecule is CCOC(=O)c1cc(NC(=O)C(CC)NC(=O)Cc2cc(F)cc(F)c2)n(C(O)C(N)=O)n1. The number of hydrogen-bond donors (Lipinski definition) is 4. The molecule has 33 heavy (non-hydrogen) atoms. The van der Waals surface area contributed by atoms with Crippen LogP contribution in [0, 0.1) is 11.6 Å². The molecule has 1 aromatic heterocycles. The summed E-state index contributed by atoms with van der Waals surface area (Å²) in [6.45, 7) is 3.18. The molecule has 0 saturated carbocycles. The third-order valence-corrected chi connectivity index (χ3v) is 4.30. The molecule has 11 nitrogen and oxygen atoms in total. The van der Waals surface area contributed by atoms with E-state index in [0.29, 0.717) is 10.7 Å². The normalized spacial score (nSPS) is 12.5. The molecule has 2 unspecified atom stereocenters. The largest absolute Gasteiger partial charge is 0.461 e. The van der Waals surface area contributed by atoms with Crippen molar-refractivity contribution in [3.8, 4) is 0 Å². The van der Waals surface area contributed by atoms with Crippen LogP contribution < -0.4 is 16.4 Å². The molecule has 13 heteroatoms. The van der Waals surface area contributed by atoms with Crippen LogP contribution in [0.25, 0.3) is 0 Å². The third-order valence-electron chi connectivity index (χ3n) is 4.30. The van der Waals surface area contributed by atoms with Gasteiger partial charge in [-0.2, -0.15) is 5.10 Å². The number of aromatic nitrogens is 2. The van der Waals surface area contributed by atoms with Gasteiger partial charge in [0.2, 0.25) is 18.0 Å². The first-order valence-electron chi connectivity index (χ1n) is 9.84. The summed E-state index contributed by atoms with van der Waals surface area (Å²) in [6.07, 6.45) is -2.27. The maximum atomic E-state index is 13.3. The summed E-state index contributed by atoms with van der Waals surface area (Å²) in [5, 5.41) is 18.5. The fraction of sp³-hybridized carbons (Fsp3) is 0.350. The predicted octanol–water partition coefficient (Wildman–Crippen LogP) is 0.390. The lowest BCUT2D eigenvalue weighted by Crippen LogP contribution is -2.44. The molecule has 178 valence electrons. The van der Waals surface area contributed by atoms with Gasteiger partial charge in [-0.1, -0.05) is 6.92 Å². The Morgan fingerprint density at radius 3 is 2.33 bits per heavy atom. The van der Waals surface area contributed by atoms with Gasteiger partial charge in [0.05, 0.1) is 13.0 Å². The first-order valence-corrected chi connectivity index (χ1v) is 9.84. The quantitative estimate of drug-likeness (QED) is 0.367. The Morgan fingerprint density at radius 2 is 1.79 bits per heavy atom. The Kier molecular flexibility index (Phi) is 8.56. The number of nitrogens with one attached hydrogen (secondary N) is 2. The lowest BCUT2D eigenvalue weighted by Gasteiger charge is -2.18. The van der Waals surface area contributed by atoms with Crippen molar-refractivity contribution in [1.29, 1.82) is 0 Å². The number of esters is 1. The standard InChI is InChI=1S/C20H23F2N5O6/c1-3-13(24-16(28)7-10-5-11(21)8-12(22)6-10)18(30)25-15-9-14(20(32)33-4-2)26-27(15)19(31)17(23)29/h5-6,8-9,13,19,31H,3-4,7H2,1-2H3,(H2,23,29)(H,24,28)(H,25,30). The topological polar surface area (TPSA) is 166 Å². The second-order valence-electron chi connectivity index (χ2n) is 6.83. The van der Waals surface area contributed by atoms with Crippen LogP contribution in [0.15, 0.2) is 24.3 Å². The van der Waals surface area contributed by atoms with E-state index in [1.165, 1.54) is 0 Å². The Labute approximate surface area is 186 Å². The summed E-state index contributed by atoms with van der Waals surface area (Å²) in [5.41, 5.74) is 4.83. The molecule has 0 radical (unpaired) electrons. The number of carbonyl (C=O) groups excluding carboxylic acids is 4. The summed E-state index contributed by atoms with van der Waals surface area (Å²) < 4.78 is 32.1. The molecule has 2 atom stereocenters. The van der Waals surface area contributed by atoms with E-state index in [-0.39, 0.29) is 36.5 Å². The van der Waals surface area contributed by atoms with Crippen molar-refractivity contribution in [2.45, 2.75) is 39.0 Å². The molecule has 2 aromatic rings. The summed E-state index contributed by atoms with van der Waals surface area (Å²) >= 11 is 0. The molecular formula is C20H23F2N5O6. The van der Waals surface area contributed by atoms with E-state index in [4.69, 9.17) is 10.5 Å². The lowest BCUT2D eigenvalue weighted by molar-refractivity contribution is -0.131. The Bertz CT molecular complexity index is 1040. The minimum atomic E-state index is -2.00. The van der Waals surface area contributed by atoms with Crippen molar-refractivity contribution in [3.05, 3.63) is 47.2 Å². The van der Waals surface area contributed by atoms with Crippen LogP contribution in [0.5, 0.6) is 0 Å². The second kappa shape index (κ2) is 11.1. The Morgan fingerprint density at radius 1 is 1.15 bits per heavy atom. The zero-order valence-corrected chi connectivity index (χ0v) is 17.8. The van der Waals surface area contributed by atoms with Gasteiger partial charge in [-0.15, -0.1) is 0 Å². The Hall–Kier alpha value is -3.87. The maximum Gasteiger partial charge on any atom is 0.358 e. The number of aliphatic hydroxyl groups excluding tert-OH is 1. The van der Waals surface area contributed by atoms with Crippen LogP contribution in [0.1, 0.15) is 42.5 Å². The molecule has 0 spiro atoms. The van der Waals surface area contributed by atoms with Crippen LogP contribution in [0.4, 0.5) is 14.6 Å². The van der Waals surface area contributed by atoms with Crippen molar-refractivity contribution < 1.29 is 37.8 Å². The molecule has 0 aliphatic rings.